The summed E-state index contributed by atoms with van der Waals surface area (Å²) in [6.07, 6.45) is -7.28. The van der Waals surface area contributed by atoms with Crippen LogP contribution in [-0.4, -0.2) is 43.1 Å². The summed E-state index contributed by atoms with van der Waals surface area (Å²) < 4.78 is 125. The third kappa shape index (κ3) is 7.46. The number of halogens is 9. The summed E-state index contributed by atoms with van der Waals surface area (Å²) in [7, 11) is 0. The zero-order valence-corrected chi connectivity index (χ0v) is 21.5. The van der Waals surface area contributed by atoms with Gasteiger partial charge in [-0.3, -0.25) is 0 Å². The van der Waals surface area contributed by atoms with Crippen molar-refractivity contribution in [2.75, 3.05) is 13.2 Å². The SMILES string of the molecule is CCC(C)(C)CC(C)(c1ccc(OCC(=O)OCCC(F)(F)C(F)(F)C(F)(F)C(F)(F)F)cc1)C(C)C. The van der Waals surface area contributed by atoms with Crippen molar-refractivity contribution >= 4 is 5.97 Å². The van der Waals surface area contributed by atoms with E-state index < -0.39 is 49.5 Å². The molecule has 1 atom stereocenters. The molecular weight excluding hydrogens is 519 g/mol. The van der Waals surface area contributed by atoms with Gasteiger partial charge in [0.15, 0.2) is 6.61 Å². The van der Waals surface area contributed by atoms with Crippen molar-refractivity contribution < 1.29 is 53.8 Å². The lowest BCUT2D eigenvalue weighted by atomic mass is 9.64. The van der Waals surface area contributed by atoms with Gasteiger partial charge in [-0.15, -0.1) is 0 Å². The quantitative estimate of drug-likeness (QED) is 0.183. The van der Waals surface area contributed by atoms with Crippen LogP contribution in [0.3, 0.4) is 0 Å². The molecule has 0 aliphatic rings. The Morgan fingerprint density at radius 2 is 1.38 bits per heavy atom. The molecule has 0 aliphatic carbocycles. The highest BCUT2D eigenvalue weighted by Gasteiger charge is 2.81. The van der Waals surface area contributed by atoms with Crippen LogP contribution in [0.15, 0.2) is 24.3 Å². The monoisotopic (exact) mass is 552 g/mol. The number of alkyl halides is 9. The second-order valence-electron chi connectivity index (χ2n) is 10.4. The van der Waals surface area contributed by atoms with Crippen molar-refractivity contribution in [3.63, 3.8) is 0 Å². The van der Waals surface area contributed by atoms with E-state index in [4.69, 9.17) is 4.74 Å². The van der Waals surface area contributed by atoms with Gasteiger partial charge in [-0.25, -0.2) is 4.79 Å². The van der Waals surface area contributed by atoms with Crippen LogP contribution < -0.4 is 4.74 Å². The summed E-state index contributed by atoms with van der Waals surface area (Å²) in [6, 6.07) is 6.79. The van der Waals surface area contributed by atoms with Crippen LogP contribution in [-0.2, 0) is 14.9 Å². The molecule has 3 nitrogen and oxygen atoms in total. The van der Waals surface area contributed by atoms with Crippen LogP contribution in [0.5, 0.6) is 5.75 Å². The molecule has 0 saturated heterocycles. The molecule has 1 aromatic rings. The number of hydrogen-bond donors (Lipinski definition) is 0. The summed E-state index contributed by atoms with van der Waals surface area (Å²) >= 11 is 0. The standard InChI is InChI=1S/C25H33F9O3/c1-7-20(4,5)15-21(6,16(2)3)17-8-10-18(11-9-17)37-14-19(35)36-13-12-22(26,27)23(28,29)24(30,31)25(32,33)34/h8-11,16H,7,12-15H2,1-6H3. The molecule has 1 unspecified atom stereocenters. The zero-order valence-electron chi connectivity index (χ0n) is 21.5. The highest BCUT2D eigenvalue weighted by Crippen LogP contribution is 2.54. The maximum absolute atomic E-state index is 13.5. The Kier molecular flexibility index (Phi) is 10.1. The fraction of sp³-hybridized carbons (Fsp3) is 0.720. The molecule has 37 heavy (non-hydrogen) atoms. The number of esters is 1. The van der Waals surface area contributed by atoms with E-state index in [1.165, 1.54) is 0 Å². The number of ether oxygens (including phenoxy) is 2. The van der Waals surface area contributed by atoms with Gasteiger partial charge in [0.1, 0.15) is 5.75 Å². The van der Waals surface area contributed by atoms with Gasteiger partial charge >= 0.3 is 29.9 Å². The first kappa shape index (κ1) is 32.9. The van der Waals surface area contributed by atoms with Gasteiger partial charge in [0.25, 0.3) is 0 Å². The molecule has 0 spiro atoms. The van der Waals surface area contributed by atoms with Gasteiger partial charge in [-0.1, -0.05) is 60.1 Å². The zero-order chi connectivity index (χ0) is 29.1. The van der Waals surface area contributed by atoms with E-state index in [1.807, 2.05) is 12.1 Å². The van der Waals surface area contributed by atoms with E-state index in [0.29, 0.717) is 5.92 Å². The molecular formula is C25H33F9O3. The molecule has 0 N–H and O–H groups in total. The summed E-state index contributed by atoms with van der Waals surface area (Å²) in [5, 5.41) is 0. The molecule has 0 bridgehead atoms. The summed E-state index contributed by atoms with van der Waals surface area (Å²) in [6.45, 7) is 10.5. The van der Waals surface area contributed by atoms with E-state index in [1.54, 1.807) is 12.1 Å². The Balaban J connectivity index is 2.74. The molecule has 0 aliphatic heterocycles. The topological polar surface area (TPSA) is 35.5 Å². The minimum atomic E-state index is -6.99. The van der Waals surface area contributed by atoms with Crippen LogP contribution >= 0.6 is 0 Å². The predicted molar refractivity (Wildman–Crippen MR) is 119 cm³/mol. The fourth-order valence-electron chi connectivity index (χ4n) is 3.73. The van der Waals surface area contributed by atoms with Crippen molar-refractivity contribution in [3.8, 4) is 5.75 Å². The van der Waals surface area contributed by atoms with Crippen molar-refractivity contribution in [2.24, 2.45) is 11.3 Å². The molecule has 0 saturated carbocycles. The van der Waals surface area contributed by atoms with Gasteiger partial charge in [-0.2, -0.15) is 39.5 Å². The number of hydrogen-bond acceptors (Lipinski definition) is 3. The highest BCUT2D eigenvalue weighted by atomic mass is 19.4. The third-order valence-corrected chi connectivity index (χ3v) is 6.84. The summed E-state index contributed by atoms with van der Waals surface area (Å²) in [4.78, 5) is 11.7. The van der Waals surface area contributed by atoms with E-state index in [9.17, 15) is 44.3 Å². The first-order valence-corrected chi connectivity index (χ1v) is 11.6. The van der Waals surface area contributed by atoms with Gasteiger partial charge in [0, 0.05) is 0 Å². The second-order valence-corrected chi connectivity index (χ2v) is 10.4. The fourth-order valence-corrected chi connectivity index (χ4v) is 3.73. The summed E-state index contributed by atoms with van der Waals surface area (Å²) in [5.74, 6) is -20.3. The number of benzene rings is 1. The maximum Gasteiger partial charge on any atom is 0.460 e. The molecule has 1 aromatic carbocycles. The van der Waals surface area contributed by atoms with Crippen LogP contribution in [0.4, 0.5) is 39.5 Å². The lowest BCUT2D eigenvalue weighted by Crippen LogP contribution is -2.61. The van der Waals surface area contributed by atoms with Crippen LogP contribution in [0.2, 0.25) is 0 Å². The Morgan fingerprint density at radius 1 is 0.865 bits per heavy atom. The maximum atomic E-state index is 13.5. The van der Waals surface area contributed by atoms with Gasteiger partial charge in [-0.05, 0) is 40.9 Å². The Bertz CT molecular complexity index is 894. The normalized spacial score (nSPS) is 15.5. The molecule has 0 heterocycles. The third-order valence-electron chi connectivity index (χ3n) is 6.84. The van der Waals surface area contributed by atoms with Gasteiger partial charge < -0.3 is 9.47 Å². The number of carbonyl (C=O) groups excluding carboxylic acids is 1. The highest BCUT2D eigenvalue weighted by molar-refractivity contribution is 5.71. The van der Waals surface area contributed by atoms with E-state index >= 15 is 0 Å². The van der Waals surface area contributed by atoms with Crippen LogP contribution in [0, 0.1) is 11.3 Å². The first-order valence-electron chi connectivity index (χ1n) is 11.6. The van der Waals surface area contributed by atoms with E-state index in [-0.39, 0.29) is 16.6 Å². The van der Waals surface area contributed by atoms with Crippen LogP contribution in [0.25, 0.3) is 0 Å². The van der Waals surface area contributed by atoms with Crippen molar-refractivity contribution in [3.05, 3.63) is 29.8 Å². The van der Waals surface area contributed by atoms with E-state index in [0.717, 1.165) is 18.4 Å². The molecule has 0 radical (unpaired) electrons. The first-order chi connectivity index (χ1) is 16.5. The Labute approximate surface area is 210 Å². The summed E-state index contributed by atoms with van der Waals surface area (Å²) in [5.41, 5.74) is 0.937. The smallest absolute Gasteiger partial charge is 0.460 e. The largest absolute Gasteiger partial charge is 0.482 e. The lowest BCUT2D eigenvalue weighted by molar-refractivity contribution is -0.397. The van der Waals surface area contributed by atoms with Crippen molar-refractivity contribution in [1.82, 2.24) is 0 Å². The molecule has 0 aromatic heterocycles. The van der Waals surface area contributed by atoms with Crippen molar-refractivity contribution in [1.29, 1.82) is 0 Å². The molecule has 214 valence electrons. The van der Waals surface area contributed by atoms with Gasteiger partial charge in [0.05, 0.1) is 13.0 Å². The average Bonchev–Trinajstić information content (AvgIpc) is 2.76. The van der Waals surface area contributed by atoms with Crippen molar-refractivity contribution in [2.45, 2.75) is 90.2 Å². The van der Waals surface area contributed by atoms with Crippen LogP contribution in [0.1, 0.15) is 66.4 Å². The minimum absolute atomic E-state index is 0.0847. The predicted octanol–water partition coefficient (Wildman–Crippen LogP) is 8.21. The van der Waals surface area contributed by atoms with Gasteiger partial charge in [0.2, 0.25) is 0 Å². The number of rotatable bonds is 13. The minimum Gasteiger partial charge on any atom is -0.482 e. The molecule has 1 rings (SSSR count). The Morgan fingerprint density at radius 3 is 1.81 bits per heavy atom. The molecule has 12 heteroatoms. The number of carbonyl (C=O) groups is 1. The molecule has 0 amide bonds. The lowest BCUT2D eigenvalue weighted by Gasteiger charge is -2.41. The van der Waals surface area contributed by atoms with E-state index in [2.05, 4.69) is 46.3 Å². The average molecular weight is 553 g/mol. The Hall–Kier alpha value is -2.14. The molecule has 0 fully saturated rings. The second kappa shape index (κ2) is 11.3.